The maximum atomic E-state index is 5.75. The predicted octanol–water partition coefficient (Wildman–Crippen LogP) is 5.56. The molecule has 110 valence electrons. The Bertz CT molecular complexity index is 615. The molecule has 0 saturated heterocycles. The standard InChI is InChI=1S/C20H18OS/c1-3-7-18(8-4-1)16-22-20-13-11-17(12-14-20)15-21-19-9-5-2-6-10-19/h1-14H,15-16H2. The van der Waals surface area contributed by atoms with E-state index in [0.29, 0.717) is 6.61 Å². The fraction of sp³-hybridized carbons (Fsp3) is 0.100. The van der Waals surface area contributed by atoms with Crippen LogP contribution in [0.2, 0.25) is 0 Å². The van der Waals surface area contributed by atoms with E-state index in [1.165, 1.54) is 16.0 Å². The van der Waals surface area contributed by atoms with Crippen LogP contribution in [0.3, 0.4) is 0 Å². The molecule has 0 atom stereocenters. The summed E-state index contributed by atoms with van der Waals surface area (Å²) < 4.78 is 5.75. The zero-order valence-electron chi connectivity index (χ0n) is 12.3. The molecule has 2 heteroatoms. The van der Waals surface area contributed by atoms with Crippen molar-refractivity contribution in [1.82, 2.24) is 0 Å². The van der Waals surface area contributed by atoms with Crippen LogP contribution in [0.1, 0.15) is 11.1 Å². The van der Waals surface area contributed by atoms with Gasteiger partial charge in [0.2, 0.25) is 0 Å². The molecule has 0 aliphatic rings. The minimum atomic E-state index is 0.605. The summed E-state index contributed by atoms with van der Waals surface area (Å²) in [5.41, 5.74) is 2.54. The molecule has 0 aliphatic carbocycles. The van der Waals surface area contributed by atoms with Gasteiger partial charge < -0.3 is 4.74 Å². The normalized spacial score (nSPS) is 10.4. The van der Waals surface area contributed by atoms with Crippen LogP contribution in [0, 0.1) is 0 Å². The van der Waals surface area contributed by atoms with Gasteiger partial charge in [-0.1, -0.05) is 60.7 Å². The quantitative estimate of drug-likeness (QED) is 0.552. The van der Waals surface area contributed by atoms with Crippen LogP contribution in [0.5, 0.6) is 5.75 Å². The van der Waals surface area contributed by atoms with Crippen molar-refractivity contribution >= 4 is 11.8 Å². The third-order valence-corrected chi connectivity index (χ3v) is 4.40. The van der Waals surface area contributed by atoms with Crippen LogP contribution in [0.15, 0.2) is 89.8 Å². The number of thioether (sulfide) groups is 1. The zero-order valence-corrected chi connectivity index (χ0v) is 13.1. The highest BCUT2D eigenvalue weighted by Gasteiger charge is 1.98. The average molecular weight is 306 g/mol. The van der Waals surface area contributed by atoms with Crippen LogP contribution in [-0.4, -0.2) is 0 Å². The van der Waals surface area contributed by atoms with Crippen LogP contribution in [0.25, 0.3) is 0 Å². The number of para-hydroxylation sites is 1. The van der Waals surface area contributed by atoms with Crippen LogP contribution in [0.4, 0.5) is 0 Å². The van der Waals surface area contributed by atoms with Crippen LogP contribution < -0.4 is 4.74 Å². The van der Waals surface area contributed by atoms with E-state index in [1.54, 1.807) is 0 Å². The van der Waals surface area contributed by atoms with Crippen molar-refractivity contribution in [2.75, 3.05) is 0 Å². The summed E-state index contributed by atoms with van der Waals surface area (Å²) in [5.74, 6) is 1.91. The molecule has 0 radical (unpaired) electrons. The summed E-state index contributed by atoms with van der Waals surface area (Å²) in [6.45, 7) is 0.605. The lowest BCUT2D eigenvalue weighted by Crippen LogP contribution is -1.94. The molecule has 0 saturated carbocycles. The van der Waals surface area contributed by atoms with E-state index < -0.39 is 0 Å². The van der Waals surface area contributed by atoms with Gasteiger partial charge in [-0.2, -0.15) is 0 Å². The predicted molar refractivity (Wildman–Crippen MR) is 93.2 cm³/mol. The first-order valence-electron chi connectivity index (χ1n) is 7.34. The highest BCUT2D eigenvalue weighted by Crippen LogP contribution is 2.23. The molecule has 0 spiro atoms. The fourth-order valence-corrected chi connectivity index (χ4v) is 2.96. The van der Waals surface area contributed by atoms with Crippen LogP contribution >= 0.6 is 11.8 Å². The minimum Gasteiger partial charge on any atom is -0.489 e. The number of benzene rings is 3. The van der Waals surface area contributed by atoms with E-state index in [4.69, 9.17) is 4.74 Å². The molecule has 0 N–H and O–H groups in total. The van der Waals surface area contributed by atoms with Crippen molar-refractivity contribution in [1.29, 1.82) is 0 Å². The molecule has 0 unspecified atom stereocenters. The Balaban J connectivity index is 1.52. The first-order chi connectivity index (χ1) is 10.9. The molecule has 0 amide bonds. The summed E-state index contributed by atoms with van der Waals surface area (Å²) in [4.78, 5) is 1.28. The van der Waals surface area contributed by atoms with Gasteiger partial charge in [-0.15, -0.1) is 11.8 Å². The summed E-state index contributed by atoms with van der Waals surface area (Å²) >= 11 is 1.86. The summed E-state index contributed by atoms with van der Waals surface area (Å²) in [7, 11) is 0. The molecule has 3 rings (SSSR count). The van der Waals surface area contributed by atoms with Crippen molar-refractivity contribution < 1.29 is 4.74 Å². The Morgan fingerprint density at radius 3 is 1.95 bits per heavy atom. The van der Waals surface area contributed by atoms with E-state index in [0.717, 1.165) is 11.5 Å². The van der Waals surface area contributed by atoms with Crippen molar-refractivity contribution in [2.45, 2.75) is 17.3 Å². The van der Waals surface area contributed by atoms with Crippen molar-refractivity contribution in [3.63, 3.8) is 0 Å². The molecule has 3 aromatic rings. The molecular weight excluding hydrogens is 288 g/mol. The second-order valence-corrected chi connectivity index (χ2v) is 6.07. The maximum Gasteiger partial charge on any atom is 0.119 e. The van der Waals surface area contributed by atoms with Gasteiger partial charge in [0.1, 0.15) is 12.4 Å². The summed E-state index contributed by atoms with van der Waals surface area (Å²) in [5, 5.41) is 0. The highest BCUT2D eigenvalue weighted by molar-refractivity contribution is 7.98. The molecule has 0 aromatic heterocycles. The molecule has 3 aromatic carbocycles. The fourth-order valence-electron chi connectivity index (χ4n) is 2.11. The van der Waals surface area contributed by atoms with Gasteiger partial charge in [0, 0.05) is 10.6 Å². The molecule has 0 fully saturated rings. The van der Waals surface area contributed by atoms with E-state index in [9.17, 15) is 0 Å². The Kier molecular flexibility index (Phi) is 5.17. The SMILES string of the molecule is c1ccc(CSc2ccc(COc3ccccc3)cc2)cc1. The molecule has 1 nitrogen and oxygen atoms in total. The second kappa shape index (κ2) is 7.71. The summed E-state index contributed by atoms with van der Waals surface area (Å²) in [6.07, 6.45) is 0. The lowest BCUT2D eigenvalue weighted by atomic mass is 10.2. The first kappa shape index (κ1) is 14.7. The van der Waals surface area contributed by atoms with E-state index in [1.807, 2.05) is 42.1 Å². The van der Waals surface area contributed by atoms with Gasteiger partial charge in [-0.3, -0.25) is 0 Å². The molecule has 22 heavy (non-hydrogen) atoms. The lowest BCUT2D eigenvalue weighted by Gasteiger charge is -2.07. The Hall–Kier alpha value is -2.19. The van der Waals surface area contributed by atoms with E-state index in [2.05, 4.69) is 54.6 Å². The van der Waals surface area contributed by atoms with E-state index in [-0.39, 0.29) is 0 Å². The number of rotatable bonds is 6. The van der Waals surface area contributed by atoms with Gasteiger partial charge in [0.25, 0.3) is 0 Å². The van der Waals surface area contributed by atoms with E-state index >= 15 is 0 Å². The largest absolute Gasteiger partial charge is 0.489 e. The average Bonchev–Trinajstić information content (AvgIpc) is 2.61. The zero-order chi connectivity index (χ0) is 15.0. The molecule has 0 aliphatic heterocycles. The number of hydrogen-bond donors (Lipinski definition) is 0. The first-order valence-corrected chi connectivity index (χ1v) is 8.32. The van der Waals surface area contributed by atoms with Gasteiger partial charge >= 0.3 is 0 Å². The van der Waals surface area contributed by atoms with Gasteiger partial charge in [-0.05, 0) is 35.4 Å². The Labute approximate surface area is 136 Å². The monoisotopic (exact) mass is 306 g/mol. The van der Waals surface area contributed by atoms with Crippen molar-refractivity contribution in [2.24, 2.45) is 0 Å². The van der Waals surface area contributed by atoms with Gasteiger partial charge in [-0.25, -0.2) is 0 Å². The topological polar surface area (TPSA) is 9.23 Å². The Morgan fingerprint density at radius 1 is 0.636 bits per heavy atom. The van der Waals surface area contributed by atoms with Gasteiger partial charge in [0.15, 0.2) is 0 Å². The highest BCUT2D eigenvalue weighted by atomic mass is 32.2. The molecule has 0 heterocycles. The smallest absolute Gasteiger partial charge is 0.119 e. The summed E-state index contributed by atoms with van der Waals surface area (Å²) in [6, 6.07) is 29.1. The van der Waals surface area contributed by atoms with Crippen molar-refractivity contribution in [3.05, 3.63) is 96.1 Å². The third-order valence-electron chi connectivity index (χ3n) is 3.32. The molecule has 0 bridgehead atoms. The van der Waals surface area contributed by atoms with Gasteiger partial charge in [0.05, 0.1) is 0 Å². The maximum absolute atomic E-state index is 5.75. The number of ether oxygens (including phenoxy) is 1. The minimum absolute atomic E-state index is 0.605. The molecular formula is C20H18OS. The number of hydrogen-bond acceptors (Lipinski definition) is 2. The lowest BCUT2D eigenvalue weighted by molar-refractivity contribution is 0.306. The second-order valence-electron chi connectivity index (χ2n) is 5.02. The van der Waals surface area contributed by atoms with Crippen molar-refractivity contribution in [3.8, 4) is 5.75 Å². The van der Waals surface area contributed by atoms with Crippen LogP contribution in [-0.2, 0) is 12.4 Å². The third kappa shape index (κ3) is 4.40. The Morgan fingerprint density at radius 2 is 1.27 bits per heavy atom.